The first-order valence-electron chi connectivity index (χ1n) is 6.08. The van der Waals surface area contributed by atoms with Crippen molar-refractivity contribution in [2.45, 2.75) is 71.4 Å². The van der Waals surface area contributed by atoms with Crippen LogP contribution in [0.25, 0.3) is 0 Å². The van der Waals surface area contributed by atoms with Crippen LogP contribution in [0.1, 0.15) is 41.5 Å². The molecule has 0 aliphatic carbocycles. The fraction of sp³-hybridized carbons (Fsp3) is 1.00. The van der Waals surface area contributed by atoms with Gasteiger partial charge in [0.2, 0.25) is 0 Å². The van der Waals surface area contributed by atoms with Crippen LogP contribution in [0.3, 0.4) is 0 Å². The molecule has 0 unspecified atom stereocenters. The number of halogens is 6. The second kappa shape index (κ2) is 5.71. The molecule has 0 aromatic rings. The van der Waals surface area contributed by atoms with Crippen molar-refractivity contribution in [2.75, 3.05) is 0 Å². The SMILES string of the molecule is CC(C)OC(F)(F)C(C)(C)OC(F)(F)C(F)(F)C(C)C. The summed E-state index contributed by atoms with van der Waals surface area (Å²) in [4.78, 5) is 0. The molecule has 0 radical (unpaired) electrons. The van der Waals surface area contributed by atoms with E-state index in [1.807, 2.05) is 0 Å². The summed E-state index contributed by atoms with van der Waals surface area (Å²) in [6, 6.07) is 0. The Labute approximate surface area is 114 Å². The van der Waals surface area contributed by atoms with Gasteiger partial charge in [0.15, 0.2) is 5.60 Å². The van der Waals surface area contributed by atoms with Gasteiger partial charge >= 0.3 is 18.1 Å². The van der Waals surface area contributed by atoms with Crippen LogP contribution in [0, 0.1) is 5.92 Å². The predicted molar refractivity (Wildman–Crippen MR) is 61.1 cm³/mol. The number of rotatable bonds is 7. The van der Waals surface area contributed by atoms with Crippen LogP contribution < -0.4 is 0 Å². The first-order chi connectivity index (χ1) is 8.57. The van der Waals surface area contributed by atoms with Crippen molar-refractivity contribution in [3.63, 3.8) is 0 Å². The van der Waals surface area contributed by atoms with E-state index in [1.165, 1.54) is 13.8 Å². The lowest BCUT2D eigenvalue weighted by Crippen LogP contribution is -2.57. The summed E-state index contributed by atoms with van der Waals surface area (Å²) in [6.45, 7) is 5.33. The average Bonchev–Trinajstić information content (AvgIpc) is 2.12. The van der Waals surface area contributed by atoms with Crippen molar-refractivity contribution in [3.8, 4) is 0 Å². The van der Waals surface area contributed by atoms with E-state index in [0.717, 1.165) is 13.8 Å². The lowest BCUT2D eigenvalue weighted by molar-refractivity contribution is -0.439. The molecule has 0 aliphatic rings. The van der Waals surface area contributed by atoms with Gasteiger partial charge in [-0.2, -0.15) is 26.3 Å². The van der Waals surface area contributed by atoms with Crippen molar-refractivity contribution >= 4 is 0 Å². The molecule has 0 spiro atoms. The largest absolute Gasteiger partial charge is 0.420 e. The number of ether oxygens (including phenoxy) is 2. The van der Waals surface area contributed by atoms with Crippen molar-refractivity contribution in [1.29, 1.82) is 0 Å². The first kappa shape index (κ1) is 19.5. The van der Waals surface area contributed by atoms with E-state index in [0.29, 0.717) is 13.8 Å². The Morgan fingerprint density at radius 3 is 1.45 bits per heavy atom. The summed E-state index contributed by atoms with van der Waals surface area (Å²) in [5, 5.41) is 0. The van der Waals surface area contributed by atoms with Crippen LogP contribution in [0.5, 0.6) is 0 Å². The third-order valence-corrected chi connectivity index (χ3v) is 2.58. The standard InChI is InChI=1S/C12H20F6O2/c1-7(2)10(13,14)12(17,18)20-9(5,6)11(15,16)19-8(3)4/h7-8H,1-6H3. The van der Waals surface area contributed by atoms with Crippen molar-refractivity contribution in [1.82, 2.24) is 0 Å². The summed E-state index contributed by atoms with van der Waals surface area (Å²) in [5.74, 6) is -6.37. The van der Waals surface area contributed by atoms with Gasteiger partial charge in [-0.05, 0) is 27.7 Å². The Morgan fingerprint density at radius 2 is 1.15 bits per heavy atom. The van der Waals surface area contributed by atoms with E-state index in [9.17, 15) is 26.3 Å². The van der Waals surface area contributed by atoms with E-state index in [1.54, 1.807) is 0 Å². The van der Waals surface area contributed by atoms with Gasteiger partial charge in [0.1, 0.15) is 0 Å². The normalized spacial score (nSPS) is 15.3. The van der Waals surface area contributed by atoms with Gasteiger partial charge in [0.25, 0.3) is 0 Å². The average molecular weight is 310 g/mol. The molecule has 0 rings (SSSR count). The quantitative estimate of drug-likeness (QED) is 0.635. The predicted octanol–water partition coefficient (Wildman–Crippen LogP) is 4.68. The monoisotopic (exact) mass is 310 g/mol. The van der Waals surface area contributed by atoms with Crippen LogP contribution in [0.2, 0.25) is 0 Å². The van der Waals surface area contributed by atoms with E-state index >= 15 is 0 Å². The van der Waals surface area contributed by atoms with Gasteiger partial charge in [-0.25, -0.2) is 0 Å². The fourth-order valence-electron chi connectivity index (χ4n) is 1.22. The van der Waals surface area contributed by atoms with Gasteiger partial charge in [-0.15, -0.1) is 0 Å². The maximum Gasteiger partial charge on any atom is 0.420 e. The third-order valence-electron chi connectivity index (χ3n) is 2.58. The molecule has 0 aliphatic heterocycles. The molecule has 20 heavy (non-hydrogen) atoms. The molecule has 8 heteroatoms. The lowest BCUT2D eigenvalue weighted by atomic mass is 10.0. The van der Waals surface area contributed by atoms with Gasteiger partial charge in [-0.1, -0.05) is 13.8 Å². The van der Waals surface area contributed by atoms with Gasteiger partial charge < -0.3 is 9.47 Å². The highest BCUT2D eigenvalue weighted by Crippen LogP contribution is 2.46. The first-order valence-corrected chi connectivity index (χ1v) is 6.08. The second-order valence-electron chi connectivity index (χ2n) is 5.59. The Balaban J connectivity index is 5.27. The molecule has 0 aromatic carbocycles. The van der Waals surface area contributed by atoms with E-state index < -0.39 is 35.8 Å². The second-order valence-corrected chi connectivity index (χ2v) is 5.59. The van der Waals surface area contributed by atoms with Crippen LogP contribution in [-0.4, -0.2) is 29.8 Å². The molecule has 122 valence electrons. The summed E-state index contributed by atoms with van der Waals surface area (Å²) < 4.78 is 88.8. The Kier molecular flexibility index (Phi) is 5.57. The van der Waals surface area contributed by atoms with E-state index in [-0.39, 0.29) is 0 Å². The van der Waals surface area contributed by atoms with Gasteiger partial charge in [-0.3, -0.25) is 0 Å². The highest BCUT2D eigenvalue weighted by molar-refractivity contribution is 4.87. The summed E-state index contributed by atoms with van der Waals surface area (Å²) >= 11 is 0. The molecule has 0 fully saturated rings. The number of hydrogen-bond donors (Lipinski definition) is 0. The Bertz CT molecular complexity index is 326. The number of hydrogen-bond acceptors (Lipinski definition) is 2. The van der Waals surface area contributed by atoms with Crippen LogP contribution in [-0.2, 0) is 9.47 Å². The highest BCUT2D eigenvalue weighted by atomic mass is 19.3. The molecule has 0 heterocycles. The minimum atomic E-state index is -5.05. The van der Waals surface area contributed by atoms with Crippen LogP contribution in [0.15, 0.2) is 0 Å². The zero-order valence-electron chi connectivity index (χ0n) is 12.2. The molecule has 0 atom stereocenters. The fourth-order valence-corrected chi connectivity index (χ4v) is 1.22. The number of alkyl halides is 6. The van der Waals surface area contributed by atoms with Crippen LogP contribution in [0.4, 0.5) is 26.3 Å². The summed E-state index contributed by atoms with van der Waals surface area (Å²) in [7, 11) is 0. The Hall–Kier alpha value is -0.500. The zero-order valence-corrected chi connectivity index (χ0v) is 12.2. The van der Waals surface area contributed by atoms with Crippen molar-refractivity contribution in [3.05, 3.63) is 0 Å². The lowest BCUT2D eigenvalue weighted by Gasteiger charge is -2.39. The van der Waals surface area contributed by atoms with Crippen molar-refractivity contribution in [2.24, 2.45) is 5.92 Å². The van der Waals surface area contributed by atoms with E-state index in [4.69, 9.17) is 0 Å². The van der Waals surface area contributed by atoms with Gasteiger partial charge in [0, 0.05) is 5.92 Å². The van der Waals surface area contributed by atoms with E-state index in [2.05, 4.69) is 9.47 Å². The minimum Gasteiger partial charge on any atom is -0.315 e. The third kappa shape index (κ3) is 4.00. The molecule has 0 N–H and O–H groups in total. The van der Waals surface area contributed by atoms with Crippen LogP contribution >= 0.6 is 0 Å². The minimum absolute atomic E-state index is 0.569. The van der Waals surface area contributed by atoms with Crippen molar-refractivity contribution < 1.29 is 35.8 Å². The molecule has 0 aromatic heterocycles. The molecule has 0 saturated heterocycles. The molecule has 0 bridgehead atoms. The maximum absolute atomic E-state index is 13.6. The highest BCUT2D eigenvalue weighted by Gasteiger charge is 2.65. The maximum atomic E-state index is 13.6. The Morgan fingerprint density at radius 1 is 0.750 bits per heavy atom. The zero-order chi connectivity index (χ0) is 16.6. The summed E-state index contributed by atoms with van der Waals surface area (Å²) in [5.41, 5.74) is -2.93. The molecule has 0 amide bonds. The molecular weight excluding hydrogens is 290 g/mol. The molecule has 2 nitrogen and oxygen atoms in total. The van der Waals surface area contributed by atoms with Gasteiger partial charge in [0.05, 0.1) is 6.10 Å². The summed E-state index contributed by atoms with van der Waals surface area (Å²) in [6.07, 6.45) is -10.2. The molecule has 0 saturated carbocycles. The topological polar surface area (TPSA) is 18.5 Å². The molecular formula is C12H20F6O2. The smallest absolute Gasteiger partial charge is 0.315 e.